The topological polar surface area (TPSA) is 44.8 Å². The predicted octanol–water partition coefficient (Wildman–Crippen LogP) is 3.27. The molecule has 0 saturated carbocycles. The van der Waals surface area contributed by atoms with Crippen LogP contribution in [0.4, 0.5) is 0 Å². The summed E-state index contributed by atoms with van der Waals surface area (Å²) in [5.74, 6) is 1.31. The molecule has 2 aliphatic rings. The van der Waals surface area contributed by atoms with Gasteiger partial charge in [-0.05, 0) is 37.8 Å². The number of nitrogens with zero attached hydrogens (tertiary/aromatic N) is 1. The average molecular weight is 348 g/mol. The smallest absolute Gasteiger partial charge is 0.341 e. The molecule has 25 heavy (non-hydrogen) atoms. The Morgan fingerprint density at radius 1 is 1.12 bits per heavy atom. The summed E-state index contributed by atoms with van der Waals surface area (Å²) in [4.78, 5) is 12.6. The number of carbonyl (C=O) groups is 1. The van der Waals surface area contributed by atoms with E-state index in [0.29, 0.717) is 35.6 Å². The third kappa shape index (κ3) is 3.76. The highest BCUT2D eigenvalue weighted by Gasteiger charge is 2.43. The van der Waals surface area contributed by atoms with Crippen LogP contribution in [0.3, 0.4) is 0 Å². The van der Waals surface area contributed by atoms with Crippen molar-refractivity contribution in [1.82, 2.24) is 0 Å². The number of rotatable bonds is 5. The van der Waals surface area contributed by atoms with Gasteiger partial charge in [-0.15, -0.1) is 0 Å². The largest absolute Gasteiger partial charge is 0.497 e. The lowest BCUT2D eigenvalue weighted by Gasteiger charge is -2.51. The minimum Gasteiger partial charge on any atom is -0.497 e. The zero-order valence-corrected chi connectivity index (χ0v) is 15.6. The number of piperidine rings is 2. The molecule has 3 atom stereocenters. The molecule has 138 valence electrons. The van der Waals surface area contributed by atoms with Gasteiger partial charge in [0.15, 0.2) is 0 Å². The van der Waals surface area contributed by atoms with Crippen molar-refractivity contribution < 1.29 is 23.5 Å². The van der Waals surface area contributed by atoms with Crippen molar-refractivity contribution in [3.8, 4) is 11.5 Å². The first-order valence-corrected chi connectivity index (χ1v) is 9.31. The van der Waals surface area contributed by atoms with Crippen LogP contribution in [-0.4, -0.2) is 57.5 Å². The van der Waals surface area contributed by atoms with Crippen LogP contribution in [0, 0.1) is 5.92 Å². The number of hydrogen-bond acceptors (Lipinski definition) is 4. The molecule has 0 aromatic heterocycles. The molecule has 2 saturated heterocycles. The van der Waals surface area contributed by atoms with Gasteiger partial charge in [-0.25, -0.2) is 4.79 Å². The molecule has 0 bridgehead atoms. The molecule has 2 aliphatic heterocycles. The summed E-state index contributed by atoms with van der Waals surface area (Å²) in [6.07, 6.45) is 6.26. The Bertz CT molecular complexity index is 614. The first-order chi connectivity index (χ1) is 12.1. The molecule has 0 spiro atoms. The summed E-state index contributed by atoms with van der Waals surface area (Å²) in [5.41, 5.74) is 0.458. The molecule has 1 aromatic carbocycles. The van der Waals surface area contributed by atoms with Crippen molar-refractivity contribution in [2.24, 2.45) is 5.92 Å². The number of quaternary nitrogens is 1. The summed E-state index contributed by atoms with van der Waals surface area (Å²) in [6, 6.07) is 5.82. The third-order valence-electron chi connectivity index (χ3n) is 6.06. The number of esters is 1. The lowest BCUT2D eigenvalue weighted by molar-refractivity contribution is -0.947. The van der Waals surface area contributed by atoms with Crippen LogP contribution in [0.15, 0.2) is 18.2 Å². The maximum atomic E-state index is 12.6. The quantitative estimate of drug-likeness (QED) is 0.605. The van der Waals surface area contributed by atoms with Gasteiger partial charge in [0.1, 0.15) is 23.7 Å². The molecular formula is C20H30NO4+. The van der Waals surface area contributed by atoms with E-state index < -0.39 is 0 Å². The standard InChI is InChI=1S/C20H30NO4/c1-21-11-5-4-8-18(21)15(7-6-12-21)14-25-20(22)17-10-9-16(23-2)13-19(17)24-3/h9-10,13,15,18H,4-8,11-12,14H2,1-3H3/q+1/t15-,18-,21?/m0/s1. The van der Waals surface area contributed by atoms with Gasteiger partial charge in [0.05, 0.1) is 40.4 Å². The van der Waals surface area contributed by atoms with Crippen molar-refractivity contribution in [2.75, 3.05) is 41.0 Å². The number of carbonyl (C=O) groups excluding carboxylic acids is 1. The Morgan fingerprint density at radius 3 is 2.68 bits per heavy atom. The number of benzene rings is 1. The second-order valence-corrected chi connectivity index (χ2v) is 7.56. The van der Waals surface area contributed by atoms with Crippen LogP contribution in [-0.2, 0) is 4.74 Å². The van der Waals surface area contributed by atoms with Crippen molar-refractivity contribution in [3.05, 3.63) is 23.8 Å². The number of ether oxygens (including phenoxy) is 3. The molecule has 5 heteroatoms. The second kappa shape index (κ2) is 7.65. The first kappa shape index (κ1) is 18.1. The van der Waals surface area contributed by atoms with Gasteiger partial charge in [0, 0.05) is 18.4 Å². The highest BCUT2D eigenvalue weighted by atomic mass is 16.5. The molecule has 0 radical (unpaired) electrons. The van der Waals surface area contributed by atoms with Gasteiger partial charge in [0.2, 0.25) is 0 Å². The van der Waals surface area contributed by atoms with Crippen molar-refractivity contribution in [3.63, 3.8) is 0 Å². The Morgan fingerprint density at radius 2 is 1.92 bits per heavy atom. The van der Waals surface area contributed by atoms with Crippen LogP contribution in [0.2, 0.25) is 0 Å². The van der Waals surface area contributed by atoms with Gasteiger partial charge < -0.3 is 18.7 Å². The Hall–Kier alpha value is -1.75. The molecule has 5 nitrogen and oxygen atoms in total. The monoisotopic (exact) mass is 348 g/mol. The van der Waals surface area contributed by atoms with E-state index in [9.17, 15) is 4.79 Å². The normalized spacial score (nSPS) is 28.8. The minimum atomic E-state index is -0.310. The Labute approximate surface area is 150 Å². The van der Waals surface area contributed by atoms with Crippen LogP contribution in [0.5, 0.6) is 11.5 Å². The average Bonchev–Trinajstić information content (AvgIpc) is 2.64. The fourth-order valence-electron chi connectivity index (χ4n) is 4.66. The van der Waals surface area contributed by atoms with E-state index in [0.717, 1.165) is 10.9 Å². The molecule has 0 aliphatic carbocycles. The van der Waals surface area contributed by atoms with Gasteiger partial charge in [-0.3, -0.25) is 0 Å². The molecule has 0 amide bonds. The SMILES string of the molecule is COc1ccc(C(=O)OC[C@@H]2CCC[N+]3(C)CCCC[C@@H]23)c(OC)c1. The van der Waals surface area contributed by atoms with Gasteiger partial charge >= 0.3 is 5.97 Å². The van der Waals surface area contributed by atoms with E-state index in [1.54, 1.807) is 32.4 Å². The van der Waals surface area contributed by atoms with Crippen molar-refractivity contribution in [1.29, 1.82) is 0 Å². The zero-order chi connectivity index (χ0) is 17.9. The number of methoxy groups -OCH3 is 2. The first-order valence-electron chi connectivity index (χ1n) is 9.31. The van der Waals surface area contributed by atoms with Crippen LogP contribution in [0.25, 0.3) is 0 Å². The molecular weight excluding hydrogens is 318 g/mol. The summed E-state index contributed by atoms with van der Waals surface area (Å²) < 4.78 is 17.4. The second-order valence-electron chi connectivity index (χ2n) is 7.56. The number of hydrogen-bond donors (Lipinski definition) is 0. The highest BCUT2D eigenvalue weighted by molar-refractivity contribution is 5.92. The summed E-state index contributed by atoms with van der Waals surface area (Å²) in [5, 5.41) is 0. The molecule has 3 rings (SSSR count). The van der Waals surface area contributed by atoms with E-state index in [1.807, 2.05) is 0 Å². The van der Waals surface area contributed by atoms with Crippen molar-refractivity contribution >= 4 is 5.97 Å². The maximum absolute atomic E-state index is 12.6. The fourth-order valence-corrected chi connectivity index (χ4v) is 4.66. The zero-order valence-electron chi connectivity index (χ0n) is 15.6. The Balaban J connectivity index is 1.66. The Kier molecular flexibility index (Phi) is 5.52. The van der Waals surface area contributed by atoms with Crippen LogP contribution in [0.1, 0.15) is 42.5 Å². The van der Waals surface area contributed by atoms with Crippen LogP contribution < -0.4 is 9.47 Å². The maximum Gasteiger partial charge on any atom is 0.341 e. The molecule has 1 unspecified atom stereocenters. The predicted molar refractivity (Wildman–Crippen MR) is 96.1 cm³/mol. The summed E-state index contributed by atoms with van der Waals surface area (Å²) >= 11 is 0. The van der Waals surface area contributed by atoms with E-state index in [-0.39, 0.29) is 5.97 Å². The molecule has 2 fully saturated rings. The number of fused-ring (bicyclic) bond motifs is 1. The van der Waals surface area contributed by atoms with E-state index in [1.165, 1.54) is 38.8 Å². The fraction of sp³-hybridized carbons (Fsp3) is 0.650. The highest BCUT2D eigenvalue weighted by Crippen LogP contribution is 2.36. The van der Waals surface area contributed by atoms with E-state index in [4.69, 9.17) is 14.2 Å². The lowest BCUT2D eigenvalue weighted by atomic mass is 9.82. The molecule has 2 heterocycles. The van der Waals surface area contributed by atoms with Gasteiger partial charge in [-0.2, -0.15) is 0 Å². The lowest BCUT2D eigenvalue weighted by Crippen LogP contribution is -2.61. The van der Waals surface area contributed by atoms with E-state index in [2.05, 4.69) is 7.05 Å². The third-order valence-corrected chi connectivity index (χ3v) is 6.06. The van der Waals surface area contributed by atoms with E-state index >= 15 is 0 Å². The van der Waals surface area contributed by atoms with Crippen LogP contribution >= 0.6 is 0 Å². The minimum absolute atomic E-state index is 0.310. The summed E-state index contributed by atoms with van der Waals surface area (Å²) in [6.45, 7) is 3.04. The van der Waals surface area contributed by atoms with Gasteiger partial charge in [-0.1, -0.05) is 0 Å². The molecule has 1 aromatic rings. The molecule has 0 N–H and O–H groups in total. The van der Waals surface area contributed by atoms with Crippen molar-refractivity contribution in [2.45, 2.75) is 38.1 Å². The van der Waals surface area contributed by atoms with Gasteiger partial charge in [0.25, 0.3) is 0 Å². The summed E-state index contributed by atoms with van der Waals surface area (Å²) in [7, 11) is 5.53.